The van der Waals surface area contributed by atoms with E-state index in [-0.39, 0.29) is 30.4 Å². The molecular weight excluding hydrogens is 318 g/mol. The van der Waals surface area contributed by atoms with Crippen LogP contribution in [0.25, 0.3) is 0 Å². The van der Waals surface area contributed by atoms with Crippen molar-refractivity contribution in [2.75, 3.05) is 20.1 Å². The zero-order valence-corrected chi connectivity index (χ0v) is 14.8. The lowest BCUT2D eigenvalue weighted by Crippen LogP contribution is -2.50. The van der Waals surface area contributed by atoms with E-state index in [1.807, 2.05) is 23.1 Å². The molecule has 6 heteroatoms. The van der Waals surface area contributed by atoms with Gasteiger partial charge >= 0.3 is 6.09 Å². The predicted octanol–water partition coefficient (Wildman–Crippen LogP) is 2.69. The van der Waals surface area contributed by atoms with Crippen molar-refractivity contribution < 1.29 is 14.3 Å². The summed E-state index contributed by atoms with van der Waals surface area (Å²) in [5.41, 5.74) is 0. The molecule has 3 saturated heterocycles. The minimum Gasteiger partial charge on any atom is -0.474 e. The van der Waals surface area contributed by atoms with Crippen LogP contribution in [0.3, 0.4) is 0 Å². The number of carbonyl (C=O) groups excluding carboxylic acids is 1. The second-order valence-corrected chi connectivity index (χ2v) is 7.56. The SMILES string of the molecule is CN1CCC(OC(=O)N2C3CCC2CC(Oc2ccccn2)C3)CC1. The summed E-state index contributed by atoms with van der Waals surface area (Å²) in [6.45, 7) is 2.01. The predicted molar refractivity (Wildman–Crippen MR) is 93.5 cm³/mol. The summed E-state index contributed by atoms with van der Waals surface area (Å²) in [5, 5.41) is 0. The van der Waals surface area contributed by atoms with Crippen LogP contribution in [0, 0.1) is 0 Å². The molecular formula is C19H27N3O3. The number of ether oxygens (including phenoxy) is 2. The van der Waals surface area contributed by atoms with Gasteiger partial charge in [0.25, 0.3) is 0 Å². The number of hydrogen-bond acceptors (Lipinski definition) is 5. The molecule has 2 bridgehead atoms. The number of piperidine rings is 2. The van der Waals surface area contributed by atoms with E-state index >= 15 is 0 Å². The summed E-state index contributed by atoms with van der Waals surface area (Å²) >= 11 is 0. The van der Waals surface area contributed by atoms with Crippen LogP contribution in [-0.2, 0) is 4.74 Å². The van der Waals surface area contributed by atoms with Gasteiger partial charge in [-0.05, 0) is 38.8 Å². The van der Waals surface area contributed by atoms with Crippen molar-refractivity contribution >= 4 is 6.09 Å². The summed E-state index contributed by atoms with van der Waals surface area (Å²) < 4.78 is 11.9. The van der Waals surface area contributed by atoms with Gasteiger partial charge in [0.15, 0.2) is 0 Å². The topological polar surface area (TPSA) is 54.9 Å². The maximum atomic E-state index is 12.7. The number of amides is 1. The Kier molecular flexibility index (Phi) is 4.79. The minimum atomic E-state index is -0.113. The number of aromatic nitrogens is 1. The Morgan fingerprint density at radius 3 is 2.44 bits per heavy atom. The van der Waals surface area contributed by atoms with Gasteiger partial charge in [0.2, 0.25) is 5.88 Å². The highest BCUT2D eigenvalue weighted by Gasteiger charge is 2.45. The average Bonchev–Trinajstić information content (AvgIpc) is 2.89. The van der Waals surface area contributed by atoms with Gasteiger partial charge < -0.3 is 19.3 Å². The van der Waals surface area contributed by atoms with E-state index in [1.165, 1.54) is 0 Å². The van der Waals surface area contributed by atoms with Gasteiger partial charge in [-0.2, -0.15) is 0 Å². The Labute approximate surface area is 149 Å². The maximum absolute atomic E-state index is 12.7. The Balaban J connectivity index is 1.33. The van der Waals surface area contributed by atoms with Crippen molar-refractivity contribution in [3.8, 4) is 5.88 Å². The van der Waals surface area contributed by atoms with Crippen LogP contribution in [0.15, 0.2) is 24.4 Å². The van der Waals surface area contributed by atoms with Crippen molar-refractivity contribution in [1.82, 2.24) is 14.8 Å². The largest absolute Gasteiger partial charge is 0.474 e. The van der Waals surface area contributed by atoms with Crippen molar-refractivity contribution in [2.24, 2.45) is 0 Å². The molecule has 0 aromatic carbocycles. The zero-order valence-electron chi connectivity index (χ0n) is 14.8. The smallest absolute Gasteiger partial charge is 0.410 e. The van der Waals surface area contributed by atoms with Crippen molar-refractivity contribution in [2.45, 2.75) is 62.8 Å². The van der Waals surface area contributed by atoms with Gasteiger partial charge in [0.05, 0.1) is 0 Å². The molecule has 0 aliphatic carbocycles. The van der Waals surface area contributed by atoms with E-state index in [9.17, 15) is 4.79 Å². The molecule has 0 N–H and O–H groups in total. The first kappa shape index (κ1) is 16.6. The first-order chi connectivity index (χ1) is 12.2. The number of likely N-dealkylation sites (tertiary alicyclic amines) is 1. The van der Waals surface area contributed by atoms with E-state index in [2.05, 4.69) is 16.9 Å². The van der Waals surface area contributed by atoms with Crippen LogP contribution in [0.1, 0.15) is 38.5 Å². The van der Waals surface area contributed by atoms with Gasteiger partial charge in [0.1, 0.15) is 12.2 Å². The van der Waals surface area contributed by atoms with E-state index in [0.717, 1.165) is 51.6 Å². The summed E-state index contributed by atoms with van der Waals surface area (Å²) in [4.78, 5) is 21.2. The highest BCUT2D eigenvalue weighted by Crippen LogP contribution is 2.37. The third-order valence-corrected chi connectivity index (χ3v) is 5.76. The molecule has 0 radical (unpaired) electrons. The normalized spacial score (nSPS) is 30.3. The number of hydrogen-bond donors (Lipinski definition) is 0. The van der Waals surface area contributed by atoms with E-state index < -0.39 is 0 Å². The van der Waals surface area contributed by atoms with E-state index in [1.54, 1.807) is 6.20 Å². The van der Waals surface area contributed by atoms with E-state index in [0.29, 0.717) is 5.88 Å². The van der Waals surface area contributed by atoms with Crippen LogP contribution < -0.4 is 4.74 Å². The summed E-state index contributed by atoms with van der Waals surface area (Å²) in [6, 6.07) is 6.20. The lowest BCUT2D eigenvalue weighted by molar-refractivity contribution is 0.0000540. The molecule has 3 aliphatic heterocycles. The Morgan fingerprint density at radius 1 is 1.08 bits per heavy atom. The van der Waals surface area contributed by atoms with Crippen LogP contribution >= 0.6 is 0 Å². The van der Waals surface area contributed by atoms with Gasteiger partial charge in [0, 0.05) is 50.3 Å². The number of carbonyl (C=O) groups is 1. The molecule has 25 heavy (non-hydrogen) atoms. The fourth-order valence-corrected chi connectivity index (χ4v) is 4.42. The van der Waals surface area contributed by atoms with Gasteiger partial charge in [-0.15, -0.1) is 0 Å². The molecule has 4 rings (SSSR count). The maximum Gasteiger partial charge on any atom is 0.410 e. The summed E-state index contributed by atoms with van der Waals surface area (Å²) in [6.07, 6.45) is 7.57. The van der Waals surface area contributed by atoms with Crippen LogP contribution in [0.5, 0.6) is 5.88 Å². The summed E-state index contributed by atoms with van der Waals surface area (Å²) in [7, 11) is 2.12. The molecule has 136 valence electrons. The molecule has 4 heterocycles. The summed E-state index contributed by atoms with van der Waals surface area (Å²) in [5.74, 6) is 0.675. The van der Waals surface area contributed by atoms with Gasteiger partial charge in [-0.3, -0.25) is 0 Å². The minimum absolute atomic E-state index is 0.0746. The molecule has 2 atom stereocenters. The molecule has 2 unspecified atom stereocenters. The van der Waals surface area contributed by atoms with Crippen LogP contribution in [0.2, 0.25) is 0 Å². The number of fused-ring (bicyclic) bond motifs is 2. The van der Waals surface area contributed by atoms with Crippen molar-refractivity contribution in [3.05, 3.63) is 24.4 Å². The van der Waals surface area contributed by atoms with E-state index in [4.69, 9.17) is 9.47 Å². The first-order valence-corrected chi connectivity index (χ1v) is 9.44. The number of pyridine rings is 1. The number of rotatable bonds is 3. The highest BCUT2D eigenvalue weighted by molar-refractivity contribution is 5.69. The lowest BCUT2D eigenvalue weighted by atomic mass is 10.0. The molecule has 0 spiro atoms. The number of nitrogens with zero attached hydrogens (tertiary/aromatic N) is 3. The second kappa shape index (κ2) is 7.20. The zero-order chi connectivity index (χ0) is 17.2. The third-order valence-electron chi connectivity index (χ3n) is 5.76. The third kappa shape index (κ3) is 3.73. The monoisotopic (exact) mass is 345 g/mol. The Morgan fingerprint density at radius 2 is 1.80 bits per heavy atom. The van der Waals surface area contributed by atoms with Gasteiger partial charge in [-0.25, -0.2) is 9.78 Å². The average molecular weight is 345 g/mol. The molecule has 1 aromatic heterocycles. The lowest BCUT2D eigenvalue weighted by Gasteiger charge is -2.39. The molecule has 1 aromatic rings. The fourth-order valence-electron chi connectivity index (χ4n) is 4.42. The first-order valence-electron chi connectivity index (χ1n) is 9.44. The second-order valence-electron chi connectivity index (χ2n) is 7.56. The van der Waals surface area contributed by atoms with Crippen LogP contribution in [0.4, 0.5) is 4.79 Å². The Bertz CT molecular complexity index is 575. The van der Waals surface area contributed by atoms with Gasteiger partial charge in [-0.1, -0.05) is 6.07 Å². The quantitative estimate of drug-likeness (QED) is 0.843. The molecule has 6 nitrogen and oxygen atoms in total. The molecule has 3 aliphatic rings. The Hall–Kier alpha value is -1.82. The fraction of sp³-hybridized carbons (Fsp3) is 0.684. The van der Waals surface area contributed by atoms with Crippen molar-refractivity contribution in [1.29, 1.82) is 0 Å². The molecule has 3 fully saturated rings. The highest BCUT2D eigenvalue weighted by atomic mass is 16.6. The van der Waals surface area contributed by atoms with Crippen LogP contribution in [-0.4, -0.2) is 65.3 Å². The molecule has 1 amide bonds. The van der Waals surface area contributed by atoms with Crippen molar-refractivity contribution in [3.63, 3.8) is 0 Å². The standard InChI is InChI=1S/C19H27N3O3/c1-21-10-7-16(8-11-21)25-19(23)22-14-5-6-15(22)13-17(12-14)24-18-4-2-3-9-20-18/h2-4,9,14-17H,5-8,10-13H2,1H3. The molecule has 0 saturated carbocycles.